The van der Waals surface area contributed by atoms with Gasteiger partial charge in [0.25, 0.3) is 0 Å². The number of nitrogens with zero attached hydrogens (tertiary/aromatic N) is 2. The third-order valence-electron chi connectivity index (χ3n) is 5.24. The molecule has 3 aromatic rings. The molecule has 2 aromatic heterocycles. The number of hydrogen-bond donors (Lipinski definition) is 1. The molecule has 0 spiro atoms. The van der Waals surface area contributed by atoms with Crippen LogP contribution in [0.2, 0.25) is 0 Å². The van der Waals surface area contributed by atoms with E-state index in [9.17, 15) is 13.2 Å². The van der Waals surface area contributed by atoms with Gasteiger partial charge in [0.05, 0.1) is 23.0 Å². The summed E-state index contributed by atoms with van der Waals surface area (Å²) in [6.07, 6.45) is -2.02. The number of alkyl halides is 3. The van der Waals surface area contributed by atoms with Crippen molar-refractivity contribution >= 4 is 22.2 Å². The number of ether oxygens (including phenoxy) is 1. The molecule has 1 atom stereocenters. The molecule has 0 bridgehead atoms. The Kier molecular flexibility index (Phi) is 5.40. The average Bonchev–Trinajstić information content (AvgIpc) is 3.39. The lowest BCUT2D eigenvalue weighted by Crippen LogP contribution is -2.16. The Morgan fingerprint density at radius 3 is 2.79 bits per heavy atom. The minimum Gasteiger partial charge on any atom is -0.376 e. The zero-order valence-corrected chi connectivity index (χ0v) is 17.0. The molecule has 1 fully saturated rings. The molecule has 0 radical (unpaired) electrons. The van der Waals surface area contributed by atoms with E-state index in [2.05, 4.69) is 27.9 Å². The van der Waals surface area contributed by atoms with Gasteiger partial charge in [0, 0.05) is 35.5 Å². The molecule has 0 unspecified atom stereocenters. The van der Waals surface area contributed by atoms with Gasteiger partial charge in [0.2, 0.25) is 0 Å². The van der Waals surface area contributed by atoms with E-state index in [0.717, 1.165) is 54.7 Å². The van der Waals surface area contributed by atoms with Crippen LogP contribution in [0.25, 0.3) is 11.3 Å². The molecule has 1 N–H and O–H groups in total. The number of benzene rings is 1. The zero-order valence-electron chi connectivity index (χ0n) is 16.2. The molecule has 0 aliphatic carbocycles. The van der Waals surface area contributed by atoms with E-state index in [4.69, 9.17) is 4.74 Å². The first-order chi connectivity index (χ1) is 13.8. The highest BCUT2D eigenvalue weighted by Crippen LogP contribution is 2.37. The fourth-order valence-electron chi connectivity index (χ4n) is 3.74. The first kappa shape index (κ1) is 20.0. The Morgan fingerprint density at radius 1 is 1.28 bits per heavy atom. The molecule has 0 saturated carbocycles. The number of thiazole rings is 1. The SMILES string of the molecule is Cc1cc(-c2csc(Nc3ccccc3C(F)(F)F)n2)c(C)n1C[C@@H]1CCCO1. The van der Waals surface area contributed by atoms with Gasteiger partial charge in [-0.05, 0) is 44.9 Å². The Morgan fingerprint density at radius 2 is 2.07 bits per heavy atom. The number of nitrogens with one attached hydrogen (secondary N) is 1. The van der Waals surface area contributed by atoms with Crippen LogP contribution in [0.4, 0.5) is 24.0 Å². The molecule has 3 heterocycles. The summed E-state index contributed by atoms with van der Waals surface area (Å²) in [4.78, 5) is 4.54. The van der Waals surface area contributed by atoms with Gasteiger partial charge in [0.1, 0.15) is 0 Å². The van der Waals surface area contributed by atoms with Gasteiger partial charge >= 0.3 is 6.18 Å². The third-order valence-corrected chi connectivity index (χ3v) is 6.00. The molecule has 0 amide bonds. The fraction of sp³-hybridized carbons (Fsp3) is 0.381. The highest BCUT2D eigenvalue weighted by atomic mass is 32.1. The van der Waals surface area contributed by atoms with Crippen molar-refractivity contribution < 1.29 is 17.9 Å². The van der Waals surface area contributed by atoms with Crippen LogP contribution in [0.15, 0.2) is 35.7 Å². The number of halogens is 3. The maximum absolute atomic E-state index is 13.2. The lowest BCUT2D eigenvalue weighted by atomic mass is 10.1. The highest BCUT2D eigenvalue weighted by Gasteiger charge is 2.33. The van der Waals surface area contributed by atoms with Crippen molar-refractivity contribution in [2.24, 2.45) is 0 Å². The summed E-state index contributed by atoms with van der Waals surface area (Å²) in [5.74, 6) is 0. The van der Waals surface area contributed by atoms with E-state index in [1.165, 1.54) is 23.5 Å². The average molecular weight is 421 g/mol. The minimum absolute atomic E-state index is 0.00440. The monoisotopic (exact) mass is 421 g/mol. The summed E-state index contributed by atoms with van der Waals surface area (Å²) in [5.41, 5.74) is 3.27. The van der Waals surface area contributed by atoms with E-state index in [0.29, 0.717) is 5.13 Å². The Labute approximate surface area is 171 Å². The van der Waals surface area contributed by atoms with Gasteiger partial charge in [-0.25, -0.2) is 4.98 Å². The maximum atomic E-state index is 13.2. The van der Waals surface area contributed by atoms with Crippen molar-refractivity contribution in [3.05, 3.63) is 52.7 Å². The minimum atomic E-state index is -4.42. The number of aryl methyl sites for hydroxylation is 1. The Bertz CT molecular complexity index is 1000. The number of para-hydroxylation sites is 1. The Balaban J connectivity index is 1.57. The van der Waals surface area contributed by atoms with Crippen LogP contribution in [-0.2, 0) is 17.5 Å². The molecule has 1 aliphatic rings. The van der Waals surface area contributed by atoms with E-state index >= 15 is 0 Å². The Hall–Kier alpha value is -2.32. The van der Waals surface area contributed by atoms with Crippen LogP contribution in [0.5, 0.6) is 0 Å². The van der Waals surface area contributed by atoms with Crippen molar-refractivity contribution in [3.8, 4) is 11.3 Å². The van der Waals surface area contributed by atoms with Gasteiger partial charge in [-0.1, -0.05) is 12.1 Å². The van der Waals surface area contributed by atoms with Gasteiger partial charge < -0.3 is 14.6 Å². The molecule has 8 heteroatoms. The molecule has 1 saturated heterocycles. The van der Waals surface area contributed by atoms with Gasteiger partial charge in [-0.2, -0.15) is 13.2 Å². The molecule has 29 heavy (non-hydrogen) atoms. The maximum Gasteiger partial charge on any atom is 0.418 e. The summed E-state index contributed by atoms with van der Waals surface area (Å²) >= 11 is 1.29. The second-order valence-electron chi connectivity index (χ2n) is 7.24. The van der Waals surface area contributed by atoms with E-state index in [1.54, 1.807) is 6.07 Å². The number of hydrogen-bond acceptors (Lipinski definition) is 4. The van der Waals surface area contributed by atoms with Crippen LogP contribution in [0.3, 0.4) is 0 Å². The third kappa shape index (κ3) is 4.18. The lowest BCUT2D eigenvalue weighted by Gasteiger charge is -2.14. The standard InChI is InChI=1S/C21H22F3N3OS/c1-13-10-16(14(2)27(13)11-15-6-5-9-28-15)19-12-29-20(26-19)25-18-8-4-3-7-17(18)21(22,23)24/h3-4,7-8,10,12,15H,5-6,9,11H2,1-2H3,(H,25,26)/t15-/m0/s1. The second kappa shape index (κ2) is 7.84. The van der Waals surface area contributed by atoms with Crippen LogP contribution < -0.4 is 5.32 Å². The van der Waals surface area contributed by atoms with Gasteiger partial charge in [-0.15, -0.1) is 11.3 Å². The molecular weight excluding hydrogens is 399 g/mol. The molecule has 4 nitrogen and oxygen atoms in total. The smallest absolute Gasteiger partial charge is 0.376 e. The van der Waals surface area contributed by atoms with Gasteiger partial charge in [0.15, 0.2) is 5.13 Å². The molecule has 4 rings (SSSR count). The first-order valence-electron chi connectivity index (χ1n) is 9.50. The van der Waals surface area contributed by atoms with Crippen LogP contribution in [-0.4, -0.2) is 22.3 Å². The number of rotatable bonds is 5. The van der Waals surface area contributed by atoms with Crippen molar-refractivity contribution in [1.29, 1.82) is 0 Å². The highest BCUT2D eigenvalue weighted by molar-refractivity contribution is 7.14. The quantitative estimate of drug-likeness (QED) is 0.535. The first-order valence-corrected chi connectivity index (χ1v) is 10.4. The van der Waals surface area contributed by atoms with Crippen molar-refractivity contribution in [2.75, 3.05) is 11.9 Å². The molecule has 154 valence electrons. The normalized spacial score (nSPS) is 17.1. The second-order valence-corrected chi connectivity index (χ2v) is 8.09. The summed E-state index contributed by atoms with van der Waals surface area (Å²) in [7, 11) is 0. The summed E-state index contributed by atoms with van der Waals surface area (Å²) in [6.45, 7) is 5.72. The molecule has 1 aliphatic heterocycles. The lowest BCUT2D eigenvalue weighted by molar-refractivity contribution is -0.136. The zero-order chi connectivity index (χ0) is 20.6. The van der Waals surface area contributed by atoms with Gasteiger partial charge in [-0.3, -0.25) is 0 Å². The van der Waals surface area contributed by atoms with Crippen LogP contribution in [0, 0.1) is 13.8 Å². The topological polar surface area (TPSA) is 39.1 Å². The van der Waals surface area contributed by atoms with Crippen molar-refractivity contribution in [1.82, 2.24) is 9.55 Å². The van der Waals surface area contributed by atoms with Crippen molar-refractivity contribution in [2.45, 2.75) is 45.5 Å². The number of aromatic nitrogens is 2. The predicted octanol–water partition coefficient (Wildman–Crippen LogP) is 6.17. The van der Waals surface area contributed by atoms with Crippen molar-refractivity contribution in [3.63, 3.8) is 0 Å². The number of anilines is 2. The van der Waals surface area contributed by atoms with E-state index in [-0.39, 0.29) is 11.8 Å². The summed E-state index contributed by atoms with van der Waals surface area (Å²) in [6, 6.07) is 7.51. The fourth-order valence-corrected chi connectivity index (χ4v) is 4.47. The largest absolute Gasteiger partial charge is 0.418 e. The molecule has 1 aromatic carbocycles. The van der Waals surface area contributed by atoms with E-state index in [1.807, 2.05) is 12.3 Å². The van der Waals surface area contributed by atoms with E-state index < -0.39 is 11.7 Å². The molecular formula is C21H22F3N3OS. The summed E-state index contributed by atoms with van der Waals surface area (Å²) in [5, 5.41) is 5.13. The van der Waals surface area contributed by atoms with Crippen LogP contribution >= 0.6 is 11.3 Å². The predicted molar refractivity (Wildman–Crippen MR) is 109 cm³/mol. The van der Waals surface area contributed by atoms with Crippen LogP contribution in [0.1, 0.15) is 29.8 Å². The summed E-state index contributed by atoms with van der Waals surface area (Å²) < 4.78 is 47.6.